The molecule has 0 saturated heterocycles. The fourth-order valence-electron chi connectivity index (χ4n) is 3.04. The first-order chi connectivity index (χ1) is 9.42. The van der Waals surface area contributed by atoms with Crippen LogP contribution < -0.4 is 0 Å². The molecule has 3 nitrogen and oxygen atoms in total. The minimum atomic E-state index is -0.394. The first kappa shape index (κ1) is 17.5. The van der Waals surface area contributed by atoms with Crippen LogP contribution in [0.25, 0.3) is 0 Å². The van der Waals surface area contributed by atoms with Gasteiger partial charge >= 0.3 is 5.97 Å². The summed E-state index contributed by atoms with van der Waals surface area (Å²) < 4.78 is 11.5. The predicted molar refractivity (Wildman–Crippen MR) is 81.6 cm³/mol. The third kappa shape index (κ3) is 4.47. The molecule has 1 aliphatic carbocycles. The van der Waals surface area contributed by atoms with Crippen molar-refractivity contribution in [2.45, 2.75) is 72.8 Å². The van der Waals surface area contributed by atoms with Crippen LogP contribution in [-0.2, 0) is 14.3 Å². The summed E-state index contributed by atoms with van der Waals surface area (Å²) in [5, 5.41) is 0. The smallest absolute Gasteiger partial charge is 0.314 e. The zero-order valence-corrected chi connectivity index (χ0v) is 13.9. The van der Waals surface area contributed by atoms with Gasteiger partial charge in [-0.15, -0.1) is 0 Å². The SMILES string of the molecule is CCOC1CCCC1(CCC(C)C)C(=O)OCC(C)C. The second-order valence-corrected chi connectivity index (χ2v) is 6.92. The number of ether oxygens (including phenoxy) is 2. The van der Waals surface area contributed by atoms with Crippen molar-refractivity contribution in [2.75, 3.05) is 13.2 Å². The molecule has 1 rings (SSSR count). The van der Waals surface area contributed by atoms with Gasteiger partial charge in [0.1, 0.15) is 0 Å². The Morgan fingerprint density at radius 2 is 1.95 bits per heavy atom. The quantitative estimate of drug-likeness (QED) is 0.627. The van der Waals surface area contributed by atoms with Gasteiger partial charge < -0.3 is 9.47 Å². The lowest BCUT2D eigenvalue weighted by Crippen LogP contribution is -2.42. The maximum atomic E-state index is 12.7. The summed E-state index contributed by atoms with van der Waals surface area (Å²) in [6.07, 6.45) is 4.97. The predicted octanol–water partition coefficient (Wildman–Crippen LogP) is 4.20. The summed E-state index contributed by atoms with van der Waals surface area (Å²) in [4.78, 5) is 12.7. The molecule has 2 unspecified atom stereocenters. The van der Waals surface area contributed by atoms with E-state index in [0.29, 0.717) is 25.0 Å². The van der Waals surface area contributed by atoms with Crippen LogP contribution in [0.4, 0.5) is 0 Å². The van der Waals surface area contributed by atoms with E-state index >= 15 is 0 Å². The lowest BCUT2D eigenvalue weighted by Gasteiger charge is -2.33. The van der Waals surface area contributed by atoms with Crippen LogP contribution in [0.2, 0.25) is 0 Å². The third-order valence-corrected chi connectivity index (χ3v) is 4.20. The van der Waals surface area contributed by atoms with E-state index in [1.54, 1.807) is 0 Å². The topological polar surface area (TPSA) is 35.5 Å². The van der Waals surface area contributed by atoms with Gasteiger partial charge in [0.15, 0.2) is 0 Å². The average Bonchev–Trinajstić information content (AvgIpc) is 2.78. The molecule has 1 saturated carbocycles. The molecule has 0 amide bonds. The largest absolute Gasteiger partial charge is 0.465 e. The molecule has 1 fully saturated rings. The van der Waals surface area contributed by atoms with E-state index in [1.165, 1.54) is 0 Å². The number of hydrogen-bond donors (Lipinski definition) is 0. The van der Waals surface area contributed by atoms with E-state index in [4.69, 9.17) is 9.47 Å². The first-order valence-corrected chi connectivity index (χ1v) is 8.21. The normalized spacial score (nSPS) is 26.4. The van der Waals surface area contributed by atoms with Gasteiger partial charge in [-0.25, -0.2) is 0 Å². The molecule has 20 heavy (non-hydrogen) atoms. The highest BCUT2D eigenvalue weighted by molar-refractivity contribution is 5.78. The van der Waals surface area contributed by atoms with Gasteiger partial charge in [-0.3, -0.25) is 4.79 Å². The summed E-state index contributed by atoms with van der Waals surface area (Å²) in [5.41, 5.74) is -0.394. The molecule has 3 heteroatoms. The Morgan fingerprint density at radius 1 is 1.25 bits per heavy atom. The van der Waals surface area contributed by atoms with Crippen molar-refractivity contribution < 1.29 is 14.3 Å². The zero-order valence-electron chi connectivity index (χ0n) is 13.9. The fraction of sp³-hybridized carbons (Fsp3) is 0.941. The summed E-state index contributed by atoms with van der Waals surface area (Å²) in [6, 6.07) is 0. The second-order valence-electron chi connectivity index (χ2n) is 6.92. The molecule has 0 aliphatic heterocycles. The van der Waals surface area contributed by atoms with Crippen LogP contribution >= 0.6 is 0 Å². The van der Waals surface area contributed by atoms with Crippen molar-refractivity contribution in [1.29, 1.82) is 0 Å². The lowest BCUT2D eigenvalue weighted by atomic mass is 9.78. The number of esters is 1. The Kier molecular flexibility index (Phi) is 7.01. The zero-order chi connectivity index (χ0) is 15.2. The number of carbonyl (C=O) groups excluding carboxylic acids is 1. The van der Waals surface area contributed by atoms with Gasteiger partial charge in [-0.2, -0.15) is 0 Å². The molecular formula is C17H32O3. The molecule has 1 aliphatic rings. The van der Waals surface area contributed by atoms with E-state index in [9.17, 15) is 4.79 Å². The number of carbonyl (C=O) groups is 1. The highest BCUT2D eigenvalue weighted by Gasteiger charge is 2.50. The molecule has 0 spiro atoms. The van der Waals surface area contributed by atoms with E-state index < -0.39 is 5.41 Å². The molecule has 0 radical (unpaired) electrons. The van der Waals surface area contributed by atoms with Gasteiger partial charge in [-0.1, -0.05) is 27.7 Å². The van der Waals surface area contributed by atoms with Crippen LogP contribution in [0.5, 0.6) is 0 Å². The minimum Gasteiger partial charge on any atom is -0.465 e. The van der Waals surface area contributed by atoms with Crippen molar-refractivity contribution in [3.63, 3.8) is 0 Å². The summed E-state index contributed by atoms with van der Waals surface area (Å²) in [6.45, 7) is 11.7. The van der Waals surface area contributed by atoms with Crippen molar-refractivity contribution in [3.8, 4) is 0 Å². The first-order valence-electron chi connectivity index (χ1n) is 8.21. The monoisotopic (exact) mass is 284 g/mol. The Balaban J connectivity index is 2.79. The Labute approximate surface area is 124 Å². The molecular weight excluding hydrogens is 252 g/mol. The minimum absolute atomic E-state index is 0.0252. The van der Waals surface area contributed by atoms with Gasteiger partial charge in [0, 0.05) is 6.61 Å². The van der Waals surface area contributed by atoms with Crippen molar-refractivity contribution in [1.82, 2.24) is 0 Å². The van der Waals surface area contributed by atoms with E-state index in [0.717, 1.165) is 32.1 Å². The Bertz CT molecular complexity index is 299. The van der Waals surface area contributed by atoms with Crippen LogP contribution in [0.1, 0.15) is 66.7 Å². The highest BCUT2D eigenvalue weighted by Crippen LogP contribution is 2.45. The van der Waals surface area contributed by atoms with E-state index in [2.05, 4.69) is 27.7 Å². The van der Waals surface area contributed by atoms with Crippen LogP contribution in [0.15, 0.2) is 0 Å². The number of hydrogen-bond acceptors (Lipinski definition) is 3. The number of rotatable bonds is 8. The van der Waals surface area contributed by atoms with Crippen molar-refractivity contribution in [3.05, 3.63) is 0 Å². The molecule has 2 atom stereocenters. The molecule has 0 heterocycles. The summed E-state index contributed by atoms with van der Waals surface area (Å²) in [7, 11) is 0. The van der Waals surface area contributed by atoms with Gasteiger partial charge in [0.05, 0.1) is 18.1 Å². The standard InChI is InChI=1S/C17H32O3/c1-6-19-15-8-7-10-17(15,11-9-13(2)3)16(18)20-12-14(4)5/h13-15H,6-12H2,1-5H3. The molecule has 118 valence electrons. The van der Waals surface area contributed by atoms with Crippen LogP contribution in [-0.4, -0.2) is 25.3 Å². The van der Waals surface area contributed by atoms with Gasteiger partial charge in [0.2, 0.25) is 0 Å². The van der Waals surface area contributed by atoms with E-state index in [-0.39, 0.29) is 12.1 Å². The van der Waals surface area contributed by atoms with Crippen LogP contribution in [0.3, 0.4) is 0 Å². The van der Waals surface area contributed by atoms with Crippen LogP contribution in [0, 0.1) is 17.3 Å². The molecule has 0 bridgehead atoms. The average molecular weight is 284 g/mol. The fourth-order valence-corrected chi connectivity index (χ4v) is 3.04. The molecule has 0 aromatic heterocycles. The molecule has 0 aromatic rings. The summed E-state index contributed by atoms with van der Waals surface area (Å²) >= 11 is 0. The summed E-state index contributed by atoms with van der Waals surface area (Å²) in [5.74, 6) is 0.962. The van der Waals surface area contributed by atoms with Gasteiger partial charge in [0.25, 0.3) is 0 Å². The van der Waals surface area contributed by atoms with Crippen molar-refractivity contribution >= 4 is 5.97 Å². The van der Waals surface area contributed by atoms with Crippen molar-refractivity contribution in [2.24, 2.45) is 17.3 Å². The lowest BCUT2D eigenvalue weighted by molar-refractivity contribution is -0.166. The Hall–Kier alpha value is -0.570. The maximum Gasteiger partial charge on any atom is 0.314 e. The molecule has 0 N–H and O–H groups in total. The van der Waals surface area contributed by atoms with Gasteiger partial charge in [-0.05, 0) is 50.9 Å². The Morgan fingerprint density at radius 3 is 2.50 bits per heavy atom. The van der Waals surface area contributed by atoms with E-state index in [1.807, 2.05) is 6.92 Å². The maximum absolute atomic E-state index is 12.7. The molecule has 0 aromatic carbocycles. The second kappa shape index (κ2) is 8.02. The highest BCUT2D eigenvalue weighted by atomic mass is 16.5. The third-order valence-electron chi connectivity index (χ3n) is 4.20.